The van der Waals surface area contributed by atoms with Crippen LogP contribution in [0.4, 0.5) is 4.39 Å². The van der Waals surface area contributed by atoms with Gasteiger partial charge in [0.2, 0.25) is 0 Å². The van der Waals surface area contributed by atoms with Gasteiger partial charge in [0.05, 0.1) is 9.58 Å². The topological polar surface area (TPSA) is 91.6 Å². The summed E-state index contributed by atoms with van der Waals surface area (Å²) in [6.07, 6.45) is 0. The van der Waals surface area contributed by atoms with Crippen LogP contribution in [0.15, 0.2) is 28.7 Å². The zero-order valence-corrected chi connectivity index (χ0v) is 14.3. The van der Waals surface area contributed by atoms with Crippen molar-refractivity contribution in [2.75, 3.05) is 0 Å². The Hall–Kier alpha value is -2.71. The van der Waals surface area contributed by atoms with Gasteiger partial charge in [-0.2, -0.15) is 0 Å². The molecule has 0 saturated carbocycles. The van der Waals surface area contributed by atoms with Crippen LogP contribution in [0.3, 0.4) is 0 Å². The molecule has 0 saturated heterocycles. The summed E-state index contributed by atoms with van der Waals surface area (Å²) in [5, 5.41) is 11.8. The van der Waals surface area contributed by atoms with Crippen LogP contribution in [0.5, 0.6) is 0 Å². The third-order valence-electron chi connectivity index (χ3n) is 3.86. The van der Waals surface area contributed by atoms with E-state index in [9.17, 15) is 14.0 Å². The lowest BCUT2D eigenvalue weighted by atomic mass is 10.1. The van der Waals surface area contributed by atoms with Crippen LogP contribution in [-0.4, -0.2) is 17.0 Å². The second-order valence-corrected chi connectivity index (χ2v) is 6.59. The average molecular weight is 362 g/mol. The van der Waals surface area contributed by atoms with Crippen molar-refractivity contribution in [1.82, 2.24) is 10.8 Å². The minimum absolute atomic E-state index is 0.0150. The smallest absolute Gasteiger partial charge is 0.287 e. The lowest BCUT2D eigenvalue weighted by Gasteiger charge is -2.05. The minimum Gasteiger partial charge on any atom is -0.456 e. The molecule has 25 heavy (non-hydrogen) atoms. The Morgan fingerprint density at radius 2 is 2.00 bits per heavy atom. The Labute approximate surface area is 146 Å². The number of hydrogen-bond donors (Lipinski definition) is 3. The first-order valence-electron chi connectivity index (χ1n) is 7.41. The lowest BCUT2D eigenvalue weighted by Crippen LogP contribution is -2.22. The van der Waals surface area contributed by atoms with Crippen molar-refractivity contribution in [3.63, 3.8) is 0 Å². The standard InChI is InChI=1S/C17H15FN2O4S/c1-8-5-12(24-9(8)2)16(21)19-7-11-4-3-10-6-13(17(22)20-23)25-15(10)14(11)18/h3-6,23H,7H2,1-2H3,(H,19,21)(H,20,22). The number of rotatable bonds is 4. The highest BCUT2D eigenvalue weighted by Gasteiger charge is 2.16. The van der Waals surface area contributed by atoms with E-state index >= 15 is 0 Å². The van der Waals surface area contributed by atoms with Crippen LogP contribution in [0.1, 0.15) is 37.1 Å². The summed E-state index contributed by atoms with van der Waals surface area (Å²) in [5.41, 5.74) is 2.68. The van der Waals surface area contributed by atoms with E-state index in [1.54, 1.807) is 25.1 Å². The van der Waals surface area contributed by atoms with Crippen LogP contribution in [-0.2, 0) is 6.54 Å². The highest BCUT2D eigenvalue weighted by molar-refractivity contribution is 7.20. The maximum Gasteiger partial charge on any atom is 0.287 e. The molecule has 6 nitrogen and oxygen atoms in total. The van der Waals surface area contributed by atoms with E-state index in [4.69, 9.17) is 9.62 Å². The number of amides is 2. The third-order valence-corrected chi connectivity index (χ3v) is 5.00. The number of halogens is 1. The molecule has 1 aromatic carbocycles. The highest BCUT2D eigenvalue weighted by atomic mass is 32.1. The predicted octanol–water partition coefficient (Wildman–Crippen LogP) is 3.30. The fourth-order valence-corrected chi connectivity index (χ4v) is 3.37. The van der Waals surface area contributed by atoms with Crippen molar-refractivity contribution >= 4 is 33.2 Å². The summed E-state index contributed by atoms with van der Waals surface area (Å²) in [6.45, 7) is 3.58. The van der Waals surface area contributed by atoms with Gasteiger partial charge in [-0.1, -0.05) is 12.1 Å². The second kappa shape index (κ2) is 6.66. The van der Waals surface area contributed by atoms with E-state index < -0.39 is 17.6 Å². The molecule has 0 spiro atoms. The first-order chi connectivity index (χ1) is 11.9. The summed E-state index contributed by atoms with van der Waals surface area (Å²) in [4.78, 5) is 23.7. The number of benzene rings is 1. The summed E-state index contributed by atoms with van der Waals surface area (Å²) < 4.78 is 20.2. The molecule has 0 aliphatic carbocycles. The molecule has 3 N–H and O–H groups in total. The van der Waals surface area contributed by atoms with E-state index in [0.717, 1.165) is 16.9 Å². The van der Waals surface area contributed by atoms with Crippen LogP contribution in [0.2, 0.25) is 0 Å². The fourth-order valence-electron chi connectivity index (χ4n) is 2.36. The molecule has 3 rings (SSSR count). The fraction of sp³-hybridized carbons (Fsp3) is 0.176. The summed E-state index contributed by atoms with van der Waals surface area (Å²) >= 11 is 0.928. The SMILES string of the molecule is Cc1cc(C(=O)NCc2ccc3cc(C(=O)NO)sc3c2F)oc1C. The number of nitrogens with one attached hydrogen (secondary N) is 2. The summed E-state index contributed by atoms with van der Waals surface area (Å²) in [7, 11) is 0. The Balaban J connectivity index is 1.80. The molecular weight excluding hydrogens is 347 g/mol. The normalized spacial score (nSPS) is 10.9. The average Bonchev–Trinajstić information content (AvgIpc) is 3.18. The van der Waals surface area contributed by atoms with E-state index in [2.05, 4.69) is 5.32 Å². The number of aryl methyl sites for hydroxylation is 2. The van der Waals surface area contributed by atoms with Crippen molar-refractivity contribution < 1.29 is 23.6 Å². The monoisotopic (exact) mass is 362 g/mol. The van der Waals surface area contributed by atoms with Gasteiger partial charge in [-0.05, 0) is 36.9 Å². The molecule has 0 atom stereocenters. The Morgan fingerprint density at radius 3 is 2.64 bits per heavy atom. The van der Waals surface area contributed by atoms with Crippen molar-refractivity contribution in [2.24, 2.45) is 0 Å². The zero-order valence-electron chi connectivity index (χ0n) is 13.5. The number of hydroxylamine groups is 1. The summed E-state index contributed by atoms with van der Waals surface area (Å²) in [5.74, 6) is -0.798. The molecule has 0 fully saturated rings. The molecule has 0 aliphatic heterocycles. The molecular formula is C17H15FN2O4S. The van der Waals surface area contributed by atoms with Gasteiger partial charge in [0.15, 0.2) is 5.76 Å². The maximum absolute atomic E-state index is 14.6. The van der Waals surface area contributed by atoms with Crippen molar-refractivity contribution in [3.8, 4) is 0 Å². The molecule has 0 radical (unpaired) electrons. The van der Waals surface area contributed by atoms with Gasteiger partial charge in [0, 0.05) is 12.1 Å². The van der Waals surface area contributed by atoms with Crippen LogP contribution >= 0.6 is 11.3 Å². The van der Waals surface area contributed by atoms with Gasteiger partial charge < -0.3 is 9.73 Å². The number of carbonyl (C=O) groups excluding carboxylic acids is 2. The van der Waals surface area contributed by atoms with Crippen molar-refractivity contribution in [1.29, 1.82) is 0 Å². The van der Waals surface area contributed by atoms with Crippen molar-refractivity contribution in [2.45, 2.75) is 20.4 Å². The van der Waals surface area contributed by atoms with E-state index in [1.165, 1.54) is 11.5 Å². The Kier molecular flexibility index (Phi) is 4.56. The zero-order chi connectivity index (χ0) is 18.1. The molecule has 8 heteroatoms. The molecule has 0 bridgehead atoms. The molecule has 0 unspecified atom stereocenters. The largest absolute Gasteiger partial charge is 0.456 e. The van der Waals surface area contributed by atoms with Gasteiger partial charge in [-0.3, -0.25) is 14.8 Å². The number of carbonyl (C=O) groups is 2. The van der Waals surface area contributed by atoms with Gasteiger partial charge in [0.25, 0.3) is 11.8 Å². The maximum atomic E-state index is 14.6. The van der Waals surface area contributed by atoms with E-state index in [0.29, 0.717) is 16.7 Å². The second-order valence-electron chi connectivity index (χ2n) is 5.54. The van der Waals surface area contributed by atoms with Gasteiger partial charge in [-0.25, -0.2) is 9.87 Å². The molecule has 2 heterocycles. The number of hydrogen-bond acceptors (Lipinski definition) is 5. The Morgan fingerprint density at radius 1 is 1.24 bits per heavy atom. The highest BCUT2D eigenvalue weighted by Crippen LogP contribution is 2.30. The van der Waals surface area contributed by atoms with Crippen LogP contribution in [0, 0.1) is 19.7 Å². The number of furan rings is 1. The van der Waals surface area contributed by atoms with Crippen LogP contribution < -0.4 is 10.8 Å². The first kappa shape index (κ1) is 17.1. The molecule has 2 aromatic heterocycles. The van der Waals surface area contributed by atoms with Gasteiger partial charge in [0.1, 0.15) is 11.6 Å². The molecule has 0 aliphatic rings. The predicted molar refractivity (Wildman–Crippen MR) is 90.4 cm³/mol. The van der Waals surface area contributed by atoms with E-state index in [1.807, 2.05) is 6.92 Å². The summed E-state index contributed by atoms with van der Waals surface area (Å²) in [6, 6.07) is 6.32. The van der Waals surface area contributed by atoms with Crippen molar-refractivity contribution in [3.05, 3.63) is 57.6 Å². The molecule has 2 amide bonds. The lowest BCUT2D eigenvalue weighted by molar-refractivity contribution is 0.0711. The first-order valence-corrected chi connectivity index (χ1v) is 8.23. The van der Waals surface area contributed by atoms with Crippen LogP contribution in [0.25, 0.3) is 10.1 Å². The minimum atomic E-state index is -0.695. The van der Waals surface area contributed by atoms with Gasteiger partial charge >= 0.3 is 0 Å². The molecule has 3 aromatic rings. The van der Waals surface area contributed by atoms with E-state index in [-0.39, 0.29) is 21.9 Å². The quantitative estimate of drug-likeness (QED) is 0.490. The number of thiophene rings is 1. The third kappa shape index (κ3) is 3.26. The van der Waals surface area contributed by atoms with Gasteiger partial charge in [-0.15, -0.1) is 11.3 Å². The number of fused-ring (bicyclic) bond motifs is 1. The Bertz CT molecular complexity index is 957. The molecule has 130 valence electrons.